The van der Waals surface area contributed by atoms with Crippen LogP contribution in [0.2, 0.25) is 0 Å². The summed E-state index contributed by atoms with van der Waals surface area (Å²) in [6.07, 6.45) is 4.85. The molecule has 1 fully saturated rings. The molecule has 0 atom stereocenters. The molecule has 1 aliphatic rings. The normalized spacial score (nSPS) is 23.6. The molecule has 0 aliphatic heterocycles. The van der Waals surface area contributed by atoms with E-state index in [1.807, 2.05) is 12.1 Å². The van der Waals surface area contributed by atoms with E-state index in [1.165, 1.54) is 0 Å². The minimum atomic E-state index is -0.687. The molecule has 0 spiro atoms. The molecule has 0 bridgehead atoms. The lowest BCUT2D eigenvalue weighted by atomic mass is 9.87. The molecule has 0 radical (unpaired) electrons. The van der Waals surface area contributed by atoms with Crippen LogP contribution in [0, 0.1) is 5.92 Å². The summed E-state index contributed by atoms with van der Waals surface area (Å²) in [4.78, 5) is 15.1. The Morgan fingerprint density at radius 2 is 2.11 bits per heavy atom. The summed E-state index contributed by atoms with van der Waals surface area (Å²) < 4.78 is 5.76. The van der Waals surface area contributed by atoms with Gasteiger partial charge in [-0.1, -0.05) is 22.0 Å². The van der Waals surface area contributed by atoms with Crippen molar-refractivity contribution in [1.29, 1.82) is 0 Å². The van der Waals surface area contributed by atoms with Crippen LogP contribution in [0.1, 0.15) is 31.2 Å². The van der Waals surface area contributed by atoms with Crippen LogP contribution in [0.4, 0.5) is 0 Å². The van der Waals surface area contributed by atoms with E-state index in [1.54, 1.807) is 6.20 Å². The predicted molar refractivity (Wildman–Crippen MR) is 70.9 cm³/mol. The number of rotatable bonds is 4. The van der Waals surface area contributed by atoms with E-state index in [-0.39, 0.29) is 12.0 Å². The molecule has 2 rings (SSSR count). The van der Waals surface area contributed by atoms with Crippen molar-refractivity contribution in [2.75, 3.05) is 0 Å². The van der Waals surface area contributed by atoms with Gasteiger partial charge in [0.15, 0.2) is 0 Å². The number of carboxylic acids is 1. The number of aromatic nitrogens is 1. The van der Waals surface area contributed by atoms with Gasteiger partial charge in [0.1, 0.15) is 6.10 Å². The van der Waals surface area contributed by atoms with Gasteiger partial charge < -0.3 is 9.84 Å². The van der Waals surface area contributed by atoms with E-state index in [2.05, 4.69) is 20.9 Å². The van der Waals surface area contributed by atoms with Crippen molar-refractivity contribution in [2.24, 2.45) is 5.92 Å². The molecule has 0 aromatic carbocycles. The summed E-state index contributed by atoms with van der Waals surface area (Å²) in [5.41, 5.74) is 1.11. The molecule has 4 nitrogen and oxygen atoms in total. The first kappa shape index (κ1) is 13.3. The fourth-order valence-corrected chi connectivity index (χ4v) is 2.49. The lowest BCUT2D eigenvalue weighted by Gasteiger charge is -2.26. The van der Waals surface area contributed by atoms with Crippen LogP contribution in [0.5, 0.6) is 5.88 Å². The smallest absolute Gasteiger partial charge is 0.306 e. The van der Waals surface area contributed by atoms with Gasteiger partial charge in [-0.15, -0.1) is 0 Å². The highest BCUT2D eigenvalue weighted by Crippen LogP contribution is 2.27. The van der Waals surface area contributed by atoms with Crippen molar-refractivity contribution in [3.05, 3.63) is 23.9 Å². The number of halogens is 1. The van der Waals surface area contributed by atoms with Gasteiger partial charge in [0.2, 0.25) is 5.88 Å². The quantitative estimate of drug-likeness (QED) is 0.868. The number of ether oxygens (including phenoxy) is 1. The number of pyridine rings is 1. The number of nitrogens with zero attached hydrogens (tertiary/aromatic N) is 1. The number of aliphatic carboxylic acids is 1. The zero-order valence-corrected chi connectivity index (χ0v) is 11.6. The number of carbonyl (C=O) groups is 1. The van der Waals surface area contributed by atoms with Crippen LogP contribution in [0.3, 0.4) is 0 Å². The Balaban J connectivity index is 1.85. The maximum Gasteiger partial charge on any atom is 0.306 e. The standard InChI is InChI=1S/C13H16BrNO3/c14-7-9-1-6-12(15-8-9)18-11-4-2-10(3-5-11)13(16)17/h1,6,8,10-11H,2-5,7H2,(H,16,17). The van der Waals surface area contributed by atoms with Crippen LogP contribution < -0.4 is 4.74 Å². The van der Waals surface area contributed by atoms with E-state index < -0.39 is 5.97 Å². The largest absolute Gasteiger partial charge is 0.481 e. The van der Waals surface area contributed by atoms with Gasteiger partial charge in [0.25, 0.3) is 0 Å². The van der Waals surface area contributed by atoms with Crippen LogP contribution in [0.25, 0.3) is 0 Å². The second-order valence-corrected chi connectivity index (χ2v) is 5.13. The molecule has 1 saturated carbocycles. The minimum Gasteiger partial charge on any atom is -0.481 e. The second kappa shape index (κ2) is 6.18. The van der Waals surface area contributed by atoms with E-state index in [9.17, 15) is 4.79 Å². The van der Waals surface area contributed by atoms with Gasteiger partial charge >= 0.3 is 5.97 Å². The topological polar surface area (TPSA) is 59.4 Å². The van der Waals surface area contributed by atoms with Gasteiger partial charge in [-0.25, -0.2) is 4.98 Å². The first-order chi connectivity index (χ1) is 8.69. The summed E-state index contributed by atoms with van der Waals surface area (Å²) in [5.74, 6) is -0.264. The van der Waals surface area contributed by atoms with Gasteiger partial charge in [-0.2, -0.15) is 0 Å². The molecule has 0 saturated heterocycles. The zero-order chi connectivity index (χ0) is 13.0. The Labute approximate surface area is 115 Å². The summed E-state index contributed by atoms with van der Waals surface area (Å²) in [7, 11) is 0. The summed E-state index contributed by atoms with van der Waals surface area (Å²) in [6, 6.07) is 3.83. The third-order valence-electron chi connectivity index (χ3n) is 3.26. The first-order valence-corrected chi connectivity index (χ1v) is 7.21. The van der Waals surface area contributed by atoms with Crippen LogP contribution >= 0.6 is 15.9 Å². The molecular formula is C13H16BrNO3. The van der Waals surface area contributed by atoms with Gasteiger partial charge in [-0.3, -0.25) is 4.79 Å². The predicted octanol–water partition coefficient (Wildman–Crippen LogP) is 3.00. The summed E-state index contributed by atoms with van der Waals surface area (Å²) in [5, 5.41) is 9.70. The first-order valence-electron chi connectivity index (χ1n) is 6.09. The zero-order valence-electron chi connectivity index (χ0n) is 10.0. The maximum atomic E-state index is 10.8. The molecule has 98 valence electrons. The molecule has 1 aliphatic carbocycles. The summed E-state index contributed by atoms with van der Waals surface area (Å²) >= 11 is 3.36. The fourth-order valence-electron chi connectivity index (χ4n) is 2.16. The Morgan fingerprint density at radius 1 is 1.39 bits per heavy atom. The minimum absolute atomic E-state index is 0.0999. The number of alkyl halides is 1. The molecule has 5 heteroatoms. The van der Waals surface area contributed by atoms with Crippen molar-refractivity contribution in [3.63, 3.8) is 0 Å². The van der Waals surface area contributed by atoms with E-state index in [0.717, 1.165) is 23.7 Å². The second-order valence-electron chi connectivity index (χ2n) is 4.57. The average molecular weight is 314 g/mol. The van der Waals surface area contributed by atoms with Crippen LogP contribution in [-0.2, 0) is 10.1 Å². The Kier molecular flexibility index (Phi) is 4.58. The van der Waals surface area contributed by atoms with Crippen LogP contribution in [-0.4, -0.2) is 22.2 Å². The molecule has 1 aromatic heterocycles. The molecule has 18 heavy (non-hydrogen) atoms. The highest BCUT2D eigenvalue weighted by molar-refractivity contribution is 9.08. The highest BCUT2D eigenvalue weighted by Gasteiger charge is 2.26. The average Bonchev–Trinajstić information content (AvgIpc) is 2.40. The van der Waals surface area contributed by atoms with Gasteiger partial charge in [0, 0.05) is 17.6 Å². The van der Waals surface area contributed by atoms with Crippen molar-refractivity contribution in [1.82, 2.24) is 4.98 Å². The molecule has 1 heterocycles. The number of hydrogen-bond acceptors (Lipinski definition) is 3. The van der Waals surface area contributed by atoms with Crippen molar-refractivity contribution >= 4 is 21.9 Å². The summed E-state index contributed by atoms with van der Waals surface area (Å²) in [6.45, 7) is 0. The van der Waals surface area contributed by atoms with Crippen molar-refractivity contribution < 1.29 is 14.6 Å². The molecular weight excluding hydrogens is 298 g/mol. The molecule has 0 amide bonds. The monoisotopic (exact) mass is 313 g/mol. The number of hydrogen-bond donors (Lipinski definition) is 1. The molecule has 0 unspecified atom stereocenters. The Hall–Kier alpha value is -1.10. The number of carboxylic acid groups (broad SMARTS) is 1. The van der Waals surface area contributed by atoms with Gasteiger partial charge in [-0.05, 0) is 31.2 Å². The third-order valence-corrected chi connectivity index (χ3v) is 3.91. The lowest BCUT2D eigenvalue weighted by molar-refractivity contribution is -0.143. The van der Waals surface area contributed by atoms with Gasteiger partial charge in [0.05, 0.1) is 5.92 Å². The van der Waals surface area contributed by atoms with Crippen LogP contribution in [0.15, 0.2) is 18.3 Å². The lowest BCUT2D eigenvalue weighted by Crippen LogP contribution is -2.28. The molecule has 1 N–H and O–H groups in total. The van der Waals surface area contributed by atoms with E-state index in [4.69, 9.17) is 9.84 Å². The van der Waals surface area contributed by atoms with Crippen molar-refractivity contribution in [2.45, 2.75) is 37.1 Å². The Morgan fingerprint density at radius 3 is 2.61 bits per heavy atom. The Bertz CT molecular complexity index is 399. The molecule has 1 aromatic rings. The maximum absolute atomic E-state index is 10.8. The third kappa shape index (κ3) is 3.45. The van der Waals surface area contributed by atoms with E-state index in [0.29, 0.717) is 18.7 Å². The fraction of sp³-hybridized carbons (Fsp3) is 0.538. The SMILES string of the molecule is O=C(O)C1CCC(Oc2ccc(CBr)cn2)CC1. The van der Waals surface area contributed by atoms with E-state index >= 15 is 0 Å². The van der Waals surface area contributed by atoms with Crippen molar-refractivity contribution in [3.8, 4) is 5.88 Å². The highest BCUT2D eigenvalue weighted by atomic mass is 79.9.